The number of aliphatic hydroxyl groups excluding tert-OH is 1. The van der Waals surface area contributed by atoms with E-state index in [0.29, 0.717) is 18.4 Å². The molecule has 0 aromatic rings. The number of methoxy groups -OCH3 is 2. The van der Waals surface area contributed by atoms with Gasteiger partial charge in [0.15, 0.2) is 12.6 Å². The van der Waals surface area contributed by atoms with E-state index >= 15 is 0 Å². The number of hydrogen-bond acceptors (Lipinski definition) is 8. The normalized spacial score (nSPS) is 51.8. The van der Waals surface area contributed by atoms with Crippen molar-refractivity contribution in [3.63, 3.8) is 0 Å². The molecule has 4 unspecified atom stereocenters. The smallest absolute Gasteiger partial charge is 0.333 e. The fourth-order valence-electron chi connectivity index (χ4n) is 7.98. The van der Waals surface area contributed by atoms with Crippen molar-refractivity contribution in [2.24, 2.45) is 34.5 Å². The molecule has 2 heterocycles. The Bertz CT molecular complexity index is 809. The summed E-state index contributed by atoms with van der Waals surface area (Å²) in [6.45, 7) is 2.03. The monoisotopic (exact) mass is 422 g/mol. The fourth-order valence-corrected chi connectivity index (χ4v) is 7.98. The van der Waals surface area contributed by atoms with E-state index in [9.17, 15) is 19.8 Å². The second-order valence-electron chi connectivity index (χ2n) is 9.75. The van der Waals surface area contributed by atoms with E-state index in [1.807, 2.05) is 6.92 Å². The van der Waals surface area contributed by atoms with Crippen LogP contribution in [0.3, 0.4) is 0 Å². The Morgan fingerprint density at radius 3 is 2.73 bits per heavy atom. The zero-order chi connectivity index (χ0) is 21.5. The maximum Gasteiger partial charge on any atom is 0.333 e. The SMILES string of the molecule is COC(=O)C12CCCC3(C(OC)OC1O)[C@H]1C[C@@]4(O)OC(=O)C=C4[C@H](C)[C@@H]1CC[C@@H]23. The van der Waals surface area contributed by atoms with Gasteiger partial charge in [-0.15, -0.1) is 0 Å². The Kier molecular flexibility index (Phi) is 4.43. The molecule has 2 bridgehead atoms. The van der Waals surface area contributed by atoms with Crippen molar-refractivity contribution >= 4 is 11.9 Å². The Morgan fingerprint density at radius 1 is 1.27 bits per heavy atom. The summed E-state index contributed by atoms with van der Waals surface area (Å²) < 4.78 is 22.3. The van der Waals surface area contributed by atoms with Gasteiger partial charge in [-0.3, -0.25) is 4.79 Å². The predicted molar refractivity (Wildman–Crippen MR) is 101 cm³/mol. The summed E-state index contributed by atoms with van der Waals surface area (Å²) in [5, 5.41) is 22.2. The van der Waals surface area contributed by atoms with Gasteiger partial charge < -0.3 is 29.2 Å². The van der Waals surface area contributed by atoms with Gasteiger partial charge in [0.25, 0.3) is 0 Å². The van der Waals surface area contributed by atoms with E-state index in [1.54, 1.807) is 7.11 Å². The van der Waals surface area contributed by atoms with E-state index in [-0.39, 0.29) is 30.1 Å². The highest BCUT2D eigenvalue weighted by atomic mass is 16.7. The molecule has 4 fully saturated rings. The standard InChI is InChI=1S/C22H30O8/c1-11-12-5-6-15-20(14(12)10-22(26)13(11)9-16(23)30-22)7-4-8-21(15,17(24)27-2)18(25)29-19(20)28-3/h9,11-12,14-15,18-19,25-26H,4-8,10H2,1-3H3/t11-,12+,14+,15-,18?,19?,20?,21?,22-/m1/s1. The molecule has 8 heteroatoms. The third-order valence-electron chi connectivity index (χ3n) is 9.00. The molecular formula is C22H30O8. The number of carbonyl (C=O) groups excluding carboxylic acids is 2. The van der Waals surface area contributed by atoms with Gasteiger partial charge in [-0.25, -0.2) is 4.79 Å². The van der Waals surface area contributed by atoms with Crippen molar-refractivity contribution in [3.8, 4) is 0 Å². The van der Waals surface area contributed by atoms with Crippen molar-refractivity contribution in [1.29, 1.82) is 0 Å². The van der Waals surface area contributed by atoms with E-state index < -0.39 is 41.1 Å². The summed E-state index contributed by atoms with van der Waals surface area (Å²) in [5.74, 6) is -2.76. The number of aliphatic hydroxyl groups is 2. The second-order valence-corrected chi connectivity index (χ2v) is 9.75. The highest BCUT2D eigenvalue weighted by Crippen LogP contribution is 2.71. The average Bonchev–Trinajstić information content (AvgIpc) is 3.03. The first-order valence-corrected chi connectivity index (χ1v) is 10.9. The van der Waals surface area contributed by atoms with E-state index in [1.165, 1.54) is 13.2 Å². The van der Waals surface area contributed by atoms with Gasteiger partial charge in [-0.1, -0.05) is 13.3 Å². The minimum Gasteiger partial charge on any atom is -0.468 e. The molecule has 0 aromatic heterocycles. The largest absolute Gasteiger partial charge is 0.468 e. The zero-order valence-corrected chi connectivity index (χ0v) is 17.6. The Morgan fingerprint density at radius 2 is 2.03 bits per heavy atom. The van der Waals surface area contributed by atoms with Crippen LogP contribution in [0.5, 0.6) is 0 Å². The van der Waals surface area contributed by atoms with Gasteiger partial charge in [0.1, 0.15) is 5.41 Å². The van der Waals surface area contributed by atoms with Gasteiger partial charge in [-0.2, -0.15) is 0 Å². The highest BCUT2D eigenvalue weighted by Gasteiger charge is 2.74. The minimum atomic E-state index is -1.63. The molecule has 9 atom stereocenters. The zero-order valence-electron chi connectivity index (χ0n) is 17.6. The second kappa shape index (κ2) is 6.51. The maximum atomic E-state index is 13.0. The van der Waals surface area contributed by atoms with Crippen LogP contribution in [0, 0.1) is 34.5 Å². The number of rotatable bonds is 2. The molecule has 0 aromatic carbocycles. The van der Waals surface area contributed by atoms with Gasteiger partial charge in [0, 0.05) is 30.6 Å². The molecule has 5 rings (SSSR count). The molecule has 2 N–H and O–H groups in total. The lowest BCUT2D eigenvalue weighted by molar-refractivity contribution is -0.393. The van der Waals surface area contributed by atoms with Crippen LogP contribution in [-0.2, 0) is 28.5 Å². The van der Waals surface area contributed by atoms with Gasteiger partial charge in [-0.05, 0) is 49.4 Å². The average molecular weight is 422 g/mol. The number of hydrogen-bond donors (Lipinski definition) is 2. The first-order chi connectivity index (χ1) is 14.2. The van der Waals surface area contributed by atoms with Crippen LogP contribution in [0.15, 0.2) is 11.6 Å². The van der Waals surface area contributed by atoms with E-state index in [0.717, 1.165) is 19.3 Å². The van der Waals surface area contributed by atoms with Crippen molar-refractivity contribution in [2.45, 2.75) is 63.8 Å². The molecule has 0 radical (unpaired) electrons. The molecular weight excluding hydrogens is 392 g/mol. The summed E-state index contributed by atoms with van der Waals surface area (Å²) in [6, 6.07) is 0. The molecule has 3 saturated carbocycles. The van der Waals surface area contributed by atoms with Gasteiger partial charge in [0.05, 0.1) is 7.11 Å². The Balaban J connectivity index is 1.65. The van der Waals surface area contributed by atoms with E-state index in [4.69, 9.17) is 18.9 Å². The van der Waals surface area contributed by atoms with Crippen molar-refractivity contribution < 1.29 is 38.7 Å². The van der Waals surface area contributed by atoms with Crippen LogP contribution >= 0.6 is 0 Å². The number of carbonyl (C=O) groups is 2. The van der Waals surface area contributed by atoms with Crippen LogP contribution < -0.4 is 0 Å². The topological polar surface area (TPSA) is 112 Å². The first-order valence-electron chi connectivity index (χ1n) is 10.9. The molecule has 8 nitrogen and oxygen atoms in total. The van der Waals surface area contributed by atoms with Crippen LogP contribution in [0.1, 0.15) is 45.4 Å². The highest BCUT2D eigenvalue weighted by molar-refractivity contribution is 5.86. The number of ether oxygens (including phenoxy) is 4. The molecule has 0 spiro atoms. The van der Waals surface area contributed by atoms with Crippen molar-refractivity contribution in [2.75, 3.05) is 14.2 Å². The first kappa shape index (κ1) is 20.4. The number of esters is 2. The summed E-state index contributed by atoms with van der Waals surface area (Å²) in [4.78, 5) is 25.0. The molecule has 3 aliphatic carbocycles. The van der Waals surface area contributed by atoms with Crippen LogP contribution in [0.25, 0.3) is 0 Å². The maximum absolute atomic E-state index is 13.0. The molecule has 30 heavy (non-hydrogen) atoms. The summed E-state index contributed by atoms with van der Waals surface area (Å²) in [7, 11) is 2.89. The Hall–Kier alpha value is -1.48. The quantitative estimate of drug-likeness (QED) is 0.644. The molecule has 166 valence electrons. The molecule has 2 aliphatic heterocycles. The molecule has 1 saturated heterocycles. The minimum absolute atomic E-state index is 0.0469. The number of fused-ring (bicyclic) bond motifs is 2. The van der Waals surface area contributed by atoms with Crippen LogP contribution in [-0.4, -0.2) is 54.7 Å². The molecule has 5 aliphatic rings. The third-order valence-corrected chi connectivity index (χ3v) is 9.00. The van der Waals surface area contributed by atoms with Crippen molar-refractivity contribution in [3.05, 3.63) is 11.6 Å². The lowest BCUT2D eigenvalue weighted by atomic mass is 9.40. The van der Waals surface area contributed by atoms with Crippen LogP contribution in [0.2, 0.25) is 0 Å². The summed E-state index contributed by atoms with van der Waals surface area (Å²) >= 11 is 0. The summed E-state index contributed by atoms with van der Waals surface area (Å²) in [5.41, 5.74) is -1.10. The fraction of sp³-hybridized carbons (Fsp3) is 0.818. The lowest BCUT2D eigenvalue weighted by Crippen LogP contribution is -2.72. The molecule has 0 amide bonds. The van der Waals surface area contributed by atoms with Crippen molar-refractivity contribution in [1.82, 2.24) is 0 Å². The summed E-state index contributed by atoms with van der Waals surface area (Å²) in [6.07, 6.45) is 3.13. The van der Waals surface area contributed by atoms with Gasteiger partial charge in [0.2, 0.25) is 5.79 Å². The van der Waals surface area contributed by atoms with Crippen LogP contribution in [0.4, 0.5) is 0 Å². The Labute approximate surface area is 175 Å². The lowest BCUT2D eigenvalue weighted by Gasteiger charge is -2.68. The van der Waals surface area contributed by atoms with E-state index in [2.05, 4.69) is 0 Å². The predicted octanol–water partition coefficient (Wildman–Crippen LogP) is 1.49. The third kappa shape index (κ3) is 2.25. The van der Waals surface area contributed by atoms with Gasteiger partial charge >= 0.3 is 11.9 Å².